The number of hydrogen-bond donors (Lipinski definition) is 0. The van der Waals surface area contributed by atoms with Crippen LogP contribution in [0.25, 0.3) is 0 Å². The summed E-state index contributed by atoms with van der Waals surface area (Å²) in [6.45, 7) is 1.92. The van der Waals surface area contributed by atoms with Gasteiger partial charge in [-0.05, 0) is 31.2 Å². The molecule has 5 nitrogen and oxygen atoms in total. The average molecular weight is 294 g/mol. The summed E-state index contributed by atoms with van der Waals surface area (Å²) in [5.41, 5.74) is 1.95. The molecule has 0 saturated carbocycles. The number of carbonyl (C=O) groups excluding carboxylic acids is 3. The van der Waals surface area contributed by atoms with Crippen molar-refractivity contribution in [2.75, 3.05) is 9.80 Å². The molecule has 4 amide bonds. The normalized spacial score (nSPS) is 15.4. The molecule has 1 aliphatic rings. The van der Waals surface area contributed by atoms with E-state index in [0.717, 1.165) is 15.4 Å². The number of nitrogens with zero attached hydrogens (tertiary/aromatic N) is 2. The fourth-order valence-corrected chi connectivity index (χ4v) is 2.38. The lowest BCUT2D eigenvalue weighted by Gasteiger charge is -2.32. The molecule has 1 fully saturated rings. The summed E-state index contributed by atoms with van der Waals surface area (Å²) in [5, 5.41) is 0. The Balaban J connectivity index is 2.01. The third-order valence-corrected chi connectivity index (χ3v) is 3.49. The Morgan fingerprint density at radius 1 is 0.727 bits per heavy atom. The molecule has 0 spiro atoms. The second kappa shape index (κ2) is 5.44. The summed E-state index contributed by atoms with van der Waals surface area (Å²) in [6, 6.07) is 15.0. The lowest BCUT2D eigenvalue weighted by molar-refractivity contribution is -0.126. The van der Waals surface area contributed by atoms with Crippen LogP contribution in [0, 0.1) is 6.92 Å². The lowest BCUT2D eigenvalue weighted by Crippen LogP contribution is -2.55. The Kier molecular flexibility index (Phi) is 3.47. The first-order valence-electron chi connectivity index (χ1n) is 6.89. The van der Waals surface area contributed by atoms with Gasteiger partial charge in [0.1, 0.15) is 6.42 Å². The van der Waals surface area contributed by atoms with Gasteiger partial charge in [0.05, 0.1) is 11.4 Å². The molecule has 0 aliphatic carbocycles. The predicted octanol–water partition coefficient (Wildman–Crippen LogP) is 2.88. The van der Waals surface area contributed by atoms with Crippen molar-refractivity contribution >= 4 is 29.2 Å². The monoisotopic (exact) mass is 294 g/mol. The van der Waals surface area contributed by atoms with Gasteiger partial charge < -0.3 is 0 Å². The molecule has 1 aliphatic heterocycles. The Hall–Kier alpha value is -2.95. The van der Waals surface area contributed by atoms with Crippen LogP contribution in [0.15, 0.2) is 54.6 Å². The van der Waals surface area contributed by atoms with Gasteiger partial charge in [-0.25, -0.2) is 14.6 Å². The quantitative estimate of drug-likeness (QED) is 0.800. The zero-order valence-corrected chi connectivity index (χ0v) is 12.0. The van der Waals surface area contributed by atoms with E-state index in [1.165, 1.54) is 0 Å². The van der Waals surface area contributed by atoms with Crippen LogP contribution in [0.4, 0.5) is 16.2 Å². The van der Waals surface area contributed by atoms with Crippen LogP contribution >= 0.6 is 0 Å². The smallest absolute Gasteiger partial charge is 0.273 e. The van der Waals surface area contributed by atoms with Crippen molar-refractivity contribution in [2.24, 2.45) is 0 Å². The lowest BCUT2D eigenvalue weighted by atomic mass is 10.1. The van der Waals surface area contributed by atoms with Gasteiger partial charge in [-0.15, -0.1) is 0 Å². The Labute approximate surface area is 127 Å². The number of carbonyl (C=O) groups is 3. The molecular formula is C17H14N2O3. The highest BCUT2D eigenvalue weighted by molar-refractivity contribution is 6.35. The third-order valence-electron chi connectivity index (χ3n) is 3.49. The summed E-state index contributed by atoms with van der Waals surface area (Å²) in [6.07, 6.45) is -0.325. The molecule has 0 atom stereocenters. The SMILES string of the molecule is Cc1ccc(N2C(=O)CC(=O)N(c3ccccc3)C2=O)cc1. The molecule has 1 saturated heterocycles. The highest BCUT2D eigenvalue weighted by atomic mass is 16.2. The molecule has 0 aromatic heterocycles. The fraction of sp³-hybridized carbons (Fsp3) is 0.118. The van der Waals surface area contributed by atoms with Crippen LogP contribution in [0.5, 0.6) is 0 Å². The minimum atomic E-state index is -0.642. The van der Waals surface area contributed by atoms with Crippen LogP contribution in [-0.2, 0) is 9.59 Å². The van der Waals surface area contributed by atoms with Crippen molar-refractivity contribution in [2.45, 2.75) is 13.3 Å². The second-order valence-electron chi connectivity index (χ2n) is 5.09. The molecule has 2 aromatic rings. The summed E-state index contributed by atoms with van der Waals surface area (Å²) in [5.74, 6) is -1.02. The van der Waals surface area contributed by atoms with Crippen molar-refractivity contribution in [3.63, 3.8) is 0 Å². The van der Waals surface area contributed by atoms with Crippen molar-refractivity contribution in [1.29, 1.82) is 0 Å². The highest BCUT2D eigenvalue weighted by Crippen LogP contribution is 2.26. The zero-order valence-electron chi connectivity index (χ0n) is 12.0. The Morgan fingerprint density at radius 2 is 1.23 bits per heavy atom. The number of urea groups is 1. The third kappa shape index (κ3) is 2.37. The van der Waals surface area contributed by atoms with Gasteiger partial charge in [0.25, 0.3) is 0 Å². The number of aryl methyl sites for hydroxylation is 1. The maximum absolute atomic E-state index is 12.6. The topological polar surface area (TPSA) is 57.7 Å². The molecule has 2 aromatic carbocycles. The van der Waals surface area contributed by atoms with Gasteiger partial charge in [0.2, 0.25) is 11.8 Å². The zero-order chi connectivity index (χ0) is 15.7. The Morgan fingerprint density at radius 3 is 1.77 bits per heavy atom. The van der Waals surface area contributed by atoms with Crippen LogP contribution in [0.2, 0.25) is 0 Å². The van der Waals surface area contributed by atoms with Crippen LogP contribution in [-0.4, -0.2) is 17.8 Å². The van der Waals surface area contributed by atoms with E-state index in [9.17, 15) is 14.4 Å². The molecule has 1 heterocycles. The molecular weight excluding hydrogens is 280 g/mol. The van der Waals surface area contributed by atoms with E-state index in [1.54, 1.807) is 42.5 Å². The number of benzene rings is 2. The maximum atomic E-state index is 12.6. The summed E-state index contributed by atoms with van der Waals surface area (Å²) in [4.78, 5) is 39.0. The second-order valence-corrected chi connectivity index (χ2v) is 5.09. The molecule has 0 unspecified atom stereocenters. The number of anilines is 2. The van der Waals surface area contributed by atoms with Gasteiger partial charge >= 0.3 is 6.03 Å². The van der Waals surface area contributed by atoms with Gasteiger partial charge in [-0.2, -0.15) is 0 Å². The minimum Gasteiger partial charge on any atom is -0.273 e. The molecule has 5 heteroatoms. The first kappa shape index (κ1) is 14.0. The van der Waals surface area contributed by atoms with E-state index >= 15 is 0 Å². The van der Waals surface area contributed by atoms with E-state index in [2.05, 4.69) is 0 Å². The number of para-hydroxylation sites is 1. The summed E-state index contributed by atoms with van der Waals surface area (Å²) < 4.78 is 0. The highest BCUT2D eigenvalue weighted by Gasteiger charge is 2.39. The summed E-state index contributed by atoms with van der Waals surface area (Å²) >= 11 is 0. The number of imide groups is 2. The number of rotatable bonds is 2. The molecule has 3 rings (SSSR count). The summed E-state index contributed by atoms with van der Waals surface area (Å²) in [7, 11) is 0. The van der Waals surface area contributed by atoms with Crippen molar-refractivity contribution in [1.82, 2.24) is 0 Å². The standard InChI is InChI=1S/C17H14N2O3/c1-12-7-9-14(10-8-12)19-16(21)11-15(20)18(17(19)22)13-5-3-2-4-6-13/h2-10H,11H2,1H3. The Bertz CT molecular complexity index is 738. The van der Waals surface area contributed by atoms with Crippen molar-refractivity contribution < 1.29 is 14.4 Å². The predicted molar refractivity (Wildman–Crippen MR) is 82.6 cm³/mol. The first-order chi connectivity index (χ1) is 10.6. The van der Waals surface area contributed by atoms with Gasteiger partial charge in [0.15, 0.2) is 0 Å². The van der Waals surface area contributed by atoms with E-state index in [0.29, 0.717) is 11.4 Å². The maximum Gasteiger partial charge on any atom is 0.342 e. The van der Waals surface area contributed by atoms with E-state index in [1.807, 2.05) is 19.1 Å². The number of amides is 4. The largest absolute Gasteiger partial charge is 0.342 e. The van der Waals surface area contributed by atoms with Gasteiger partial charge in [0, 0.05) is 0 Å². The molecule has 0 bridgehead atoms. The van der Waals surface area contributed by atoms with E-state index in [4.69, 9.17) is 0 Å². The van der Waals surface area contributed by atoms with Crippen molar-refractivity contribution in [3.05, 3.63) is 60.2 Å². The number of barbiturate groups is 1. The molecule has 0 N–H and O–H groups in total. The van der Waals surface area contributed by atoms with E-state index in [-0.39, 0.29) is 6.42 Å². The average Bonchev–Trinajstić information content (AvgIpc) is 2.50. The fourth-order valence-electron chi connectivity index (χ4n) is 2.38. The van der Waals surface area contributed by atoms with Crippen molar-refractivity contribution in [3.8, 4) is 0 Å². The van der Waals surface area contributed by atoms with E-state index < -0.39 is 17.8 Å². The first-order valence-corrected chi connectivity index (χ1v) is 6.89. The molecule has 22 heavy (non-hydrogen) atoms. The van der Waals surface area contributed by atoms with Crippen LogP contribution < -0.4 is 9.80 Å². The van der Waals surface area contributed by atoms with Gasteiger partial charge in [-0.1, -0.05) is 35.9 Å². The van der Waals surface area contributed by atoms with Crippen LogP contribution in [0.3, 0.4) is 0 Å². The number of hydrogen-bond acceptors (Lipinski definition) is 3. The van der Waals surface area contributed by atoms with Crippen LogP contribution in [0.1, 0.15) is 12.0 Å². The molecule has 110 valence electrons. The van der Waals surface area contributed by atoms with Gasteiger partial charge in [-0.3, -0.25) is 9.59 Å². The minimum absolute atomic E-state index is 0.325. The molecule has 0 radical (unpaired) electrons.